The minimum Gasteiger partial charge on any atom is -0.337 e. The molecule has 2 rings (SSSR count). The van der Waals surface area contributed by atoms with E-state index in [0.29, 0.717) is 6.54 Å². The van der Waals surface area contributed by atoms with Gasteiger partial charge in [0.2, 0.25) is 5.91 Å². The summed E-state index contributed by atoms with van der Waals surface area (Å²) in [7, 11) is 0. The maximum Gasteiger partial charge on any atom is 0.235 e. The normalized spacial score (nSPS) is 28.5. The van der Waals surface area contributed by atoms with Crippen LogP contribution >= 0.6 is 0 Å². The molecule has 0 radical (unpaired) electrons. The maximum atomic E-state index is 11.1. The highest BCUT2D eigenvalue weighted by Crippen LogP contribution is 2.26. The molecule has 0 aromatic carbocycles. The van der Waals surface area contributed by atoms with Crippen molar-refractivity contribution in [1.82, 2.24) is 10.6 Å². The third kappa shape index (κ3) is 1.46. The van der Waals surface area contributed by atoms with Crippen LogP contribution < -0.4 is 10.6 Å². The quantitative estimate of drug-likeness (QED) is 0.560. The van der Waals surface area contributed by atoms with Gasteiger partial charge < -0.3 is 5.32 Å². The number of carbonyl (C=O) groups is 1. The van der Waals surface area contributed by atoms with Crippen LogP contribution in [0.4, 0.5) is 0 Å². The van der Waals surface area contributed by atoms with Crippen molar-refractivity contribution in [1.29, 1.82) is 0 Å². The fourth-order valence-electron chi connectivity index (χ4n) is 2.24. The molecule has 2 fully saturated rings. The SMILES string of the molecule is O=C1CNC2(CCCCCC2)N1. The number of carbonyl (C=O) groups excluding carboxylic acids is 1. The van der Waals surface area contributed by atoms with E-state index in [-0.39, 0.29) is 11.6 Å². The summed E-state index contributed by atoms with van der Waals surface area (Å²) in [6.45, 7) is 0.514. The Morgan fingerprint density at radius 1 is 1.08 bits per heavy atom. The molecule has 0 atom stereocenters. The van der Waals surface area contributed by atoms with Gasteiger partial charge in [0.1, 0.15) is 0 Å². The number of amides is 1. The molecular formula is C9H16N2O. The van der Waals surface area contributed by atoms with Gasteiger partial charge in [-0.15, -0.1) is 0 Å². The first-order valence-electron chi connectivity index (χ1n) is 4.87. The van der Waals surface area contributed by atoms with Crippen LogP contribution in [0.2, 0.25) is 0 Å². The lowest BCUT2D eigenvalue weighted by Gasteiger charge is -2.27. The molecule has 0 bridgehead atoms. The summed E-state index contributed by atoms with van der Waals surface area (Å²) in [4.78, 5) is 11.1. The van der Waals surface area contributed by atoms with Crippen LogP contribution in [0.5, 0.6) is 0 Å². The number of hydrogen-bond donors (Lipinski definition) is 2. The summed E-state index contributed by atoms with van der Waals surface area (Å²) in [5, 5.41) is 6.36. The van der Waals surface area contributed by atoms with Gasteiger partial charge in [-0.05, 0) is 25.7 Å². The van der Waals surface area contributed by atoms with Crippen molar-refractivity contribution >= 4 is 5.91 Å². The highest BCUT2D eigenvalue weighted by Gasteiger charge is 2.36. The lowest BCUT2D eigenvalue weighted by Crippen LogP contribution is -2.49. The molecular weight excluding hydrogens is 152 g/mol. The lowest BCUT2D eigenvalue weighted by molar-refractivity contribution is -0.118. The summed E-state index contributed by atoms with van der Waals surface area (Å²) in [6.07, 6.45) is 7.34. The van der Waals surface area contributed by atoms with Crippen LogP contribution in [0, 0.1) is 0 Å². The van der Waals surface area contributed by atoms with Crippen molar-refractivity contribution in [2.24, 2.45) is 0 Å². The second-order valence-electron chi connectivity index (χ2n) is 3.90. The van der Waals surface area contributed by atoms with Crippen LogP contribution in [0.25, 0.3) is 0 Å². The van der Waals surface area contributed by atoms with Crippen molar-refractivity contribution in [3.05, 3.63) is 0 Å². The number of hydrogen-bond acceptors (Lipinski definition) is 2. The maximum absolute atomic E-state index is 11.1. The first-order chi connectivity index (χ1) is 5.81. The molecule has 1 heterocycles. The van der Waals surface area contributed by atoms with Gasteiger partial charge in [-0.1, -0.05) is 12.8 Å². The van der Waals surface area contributed by atoms with Crippen LogP contribution in [0.15, 0.2) is 0 Å². The predicted molar refractivity (Wildman–Crippen MR) is 46.6 cm³/mol. The summed E-state index contributed by atoms with van der Waals surface area (Å²) in [5.74, 6) is 0.164. The Balaban J connectivity index is 2.03. The van der Waals surface area contributed by atoms with Gasteiger partial charge in [-0.3, -0.25) is 10.1 Å². The Bertz CT molecular complexity index is 183. The molecule has 3 nitrogen and oxygen atoms in total. The second kappa shape index (κ2) is 3.05. The number of rotatable bonds is 0. The molecule has 3 heteroatoms. The van der Waals surface area contributed by atoms with Crippen molar-refractivity contribution in [2.75, 3.05) is 6.54 Å². The summed E-state index contributed by atoms with van der Waals surface area (Å²) in [5.41, 5.74) is -0.0203. The molecule has 2 N–H and O–H groups in total. The fraction of sp³-hybridized carbons (Fsp3) is 0.889. The largest absolute Gasteiger partial charge is 0.337 e. The van der Waals surface area contributed by atoms with E-state index in [4.69, 9.17) is 0 Å². The first kappa shape index (κ1) is 8.05. The van der Waals surface area contributed by atoms with Crippen LogP contribution in [-0.4, -0.2) is 18.1 Å². The Hall–Kier alpha value is -0.570. The van der Waals surface area contributed by atoms with E-state index in [9.17, 15) is 4.79 Å². The molecule has 0 aromatic heterocycles. The van der Waals surface area contributed by atoms with Crippen LogP contribution in [-0.2, 0) is 4.79 Å². The van der Waals surface area contributed by atoms with Crippen molar-refractivity contribution < 1.29 is 4.79 Å². The Morgan fingerprint density at radius 2 is 1.75 bits per heavy atom. The highest BCUT2D eigenvalue weighted by atomic mass is 16.2. The number of nitrogens with one attached hydrogen (secondary N) is 2. The van der Waals surface area contributed by atoms with Crippen molar-refractivity contribution in [2.45, 2.75) is 44.2 Å². The average Bonchev–Trinajstić information content (AvgIpc) is 2.30. The molecule has 0 unspecified atom stereocenters. The lowest BCUT2D eigenvalue weighted by atomic mass is 10.0. The smallest absolute Gasteiger partial charge is 0.235 e. The molecule has 12 heavy (non-hydrogen) atoms. The predicted octanol–water partition coefficient (Wildman–Crippen LogP) is 0.756. The monoisotopic (exact) mass is 168 g/mol. The van der Waals surface area contributed by atoms with E-state index in [2.05, 4.69) is 10.6 Å². The van der Waals surface area contributed by atoms with Crippen LogP contribution in [0.3, 0.4) is 0 Å². The summed E-state index contributed by atoms with van der Waals surface area (Å²) in [6, 6.07) is 0. The third-order valence-electron chi connectivity index (χ3n) is 2.92. The molecule has 1 aliphatic heterocycles. The van der Waals surface area contributed by atoms with Gasteiger partial charge in [-0.25, -0.2) is 0 Å². The van der Waals surface area contributed by atoms with E-state index in [1.807, 2.05) is 0 Å². The first-order valence-corrected chi connectivity index (χ1v) is 4.87. The zero-order valence-electron chi connectivity index (χ0n) is 7.36. The molecule has 1 saturated heterocycles. The summed E-state index contributed by atoms with van der Waals surface area (Å²) < 4.78 is 0. The van der Waals surface area contributed by atoms with E-state index in [1.54, 1.807) is 0 Å². The molecule has 68 valence electrons. The third-order valence-corrected chi connectivity index (χ3v) is 2.92. The standard InChI is InChI=1S/C9H16N2O/c12-8-7-10-9(11-8)5-3-1-2-4-6-9/h10H,1-7H2,(H,11,12). The zero-order chi connectivity index (χ0) is 8.44. The molecule has 1 spiro atoms. The van der Waals surface area contributed by atoms with Gasteiger partial charge in [0.15, 0.2) is 0 Å². The molecule has 0 aromatic rings. The Kier molecular flexibility index (Phi) is 2.05. The van der Waals surface area contributed by atoms with Gasteiger partial charge in [-0.2, -0.15) is 0 Å². The molecule has 2 aliphatic rings. The van der Waals surface area contributed by atoms with E-state index in [1.165, 1.54) is 25.7 Å². The Morgan fingerprint density at radius 3 is 2.25 bits per heavy atom. The van der Waals surface area contributed by atoms with Crippen molar-refractivity contribution in [3.8, 4) is 0 Å². The highest BCUT2D eigenvalue weighted by molar-refractivity contribution is 5.81. The van der Waals surface area contributed by atoms with E-state index < -0.39 is 0 Å². The minimum absolute atomic E-state index is 0.0203. The molecule has 1 saturated carbocycles. The Labute approximate surface area is 72.9 Å². The molecule has 1 amide bonds. The van der Waals surface area contributed by atoms with Gasteiger partial charge in [0.05, 0.1) is 12.2 Å². The van der Waals surface area contributed by atoms with Gasteiger partial charge in [0.25, 0.3) is 0 Å². The zero-order valence-corrected chi connectivity index (χ0v) is 7.36. The van der Waals surface area contributed by atoms with E-state index >= 15 is 0 Å². The average molecular weight is 168 g/mol. The molecule has 1 aliphatic carbocycles. The van der Waals surface area contributed by atoms with E-state index in [0.717, 1.165) is 12.8 Å². The second-order valence-corrected chi connectivity index (χ2v) is 3.90. The van der Waals surface area contributed by atoms with Gasteiger partial charge in [0, 0.05) is 0 Å². The van der Waals surface area contributed by atoms with Crippen LogP contribution in [0.1, 0.15) is 38.5 Å². The fourth-order valence-corrected chi connectivity index (χ4v) is 2.24. The topological polar surface area (TPSA) is 41.1 Å². The van der Waals surface area contributed by atoms with Gasteiger partial charge >= 0.3 is 0 Å². The van der Waals surface area contributed by atoms with Crippen molar-refractivity contribution in [3.63, 3.8) is 0 Å². The minimum atomic E-state index is -0.0203. The summed E-state index contributed by atoms with van der Waals surface area (Å²) >= 11 is 0.